The van der Waals surface area contributed by atoms with E-state index in [9.17, 15) is 9.59 Å². The highest BCUT2D eigenvalue weighted by Crippen LogP contribution is 2.17. The summed E-state index contributed by atoms with van der Waals surface area (Å²) < 4.78 is 0. The number of likely N-dealkylation sites (tertiary alicyclic amines) is 1. The minimum absolute atomic E-state index is 0.0905. The van der Waals surface area contributed by atoms with Crippen molar-refractivity contribution in [3.8, 4) is 0 Å². The van der Waals surface area contributed by atoms with Gasteiger partial charge in [-0.1, -0.05) is 18.2 Å². The Hall–Kier alpha value is -2.30. The molecule has 1 heterocycles. The van der Waals surface area contributed by atoms with Crippen LogP contribution in [0.1, 0.15) is 24.8 Å². The van der Waals surface area contributed by atoms with E-state index in [1.807, 2.05) is 41.0 Å². The predicted molar refractivity (Wildman–Crippen MR) is 97.0 cm³/mol. The third-order valence-electron chi connectivity index (χ3n) is 4.18. The van der Waals surface area contributed by atoms with Crippen LogP contribution in [0.25, 0.3) is 0 Å². The predicted octanol–water partition coefficient (Wildman–Crippen LogP) is 2.12. The van der Waals surface area contributed by atoms with E-state index < -0.39 is 0 Å². The standard InChI is InChI=1S/C19H27N3O2/c1-3-10-20-18(23)14-22(17-9-7-8-16(2)13-17)15-19(24)21-11-5-4-6-12-21/h3,7-9,13H,1,4-6,10-12,14-15H2,2H3,(H,20,23). The van der Waals surface area contributed by atoms with E-state index in [0.29, 0.717) is 6.54 Å². The Kier molecular flexibility index (Phi) is 6.85. The molecule has 0 bridgehead atoms. The molecule has 0 saturated carbocycles. The van der Waals surface area contributed by atoms with Crippen LogP contribution in [0, 0.1) is 6.92 Å². The highest BCUT2D eigenvalue weighted by atomic mass is 16.2. The van der Waals surface area contributed by atoms with Crippen LogP contribution < -0.4 is 10.2 Å². The minimum atomic E-state index is -0.108. The van der Waals surface area contributed by atoms with Gasteiger partial charge in [0.05, 0.1) is 13.1 Å². The Labute approximate surface area is 144 Å². The van der Waals surface area contributed by atoms with E-state index in [2.05, 4.69) is 11.9 Å². The van der Waals surface area contributed by atoms with E-state index >= 15 is 0 Å². The maximum absolute atomic E-state index is 12.6. The van der Waals surface area contributed by atoms with E-state index in [1.165, 1.54) is 6.42 Å². The Morgan fingerprint density at radius 1 is 1.25 bits per heavy atom. The van der Waals surface area contributed by atoms with Crippen molar-refractivity contribution < 1.29 is 9.59 Å². The lowest BCUT2D eigenvalue weighted by molar-refractivity contribution is -0.130. The van der Waals surface area contributed by atoms with Crippen LogP contribution in [-0.4, -0.2) is 49.4 Å². The van der Waals surface area contributed by atoms with Gasteiger partial charge >= 0.3 is 0 Å². The fraction of sp³-hybridized carbons (Fsp3) is 0.474. The van der Waals surface area contributed by atoms with Gasteiger partial charge in [0.25, 0.3) is 0 Å². The molecule has 5 nitrogen and oxygen atoms in total. The molecule has 0 aliphatic carbocycles. The number of carbonyl (C=O) groups excluding carboxylic acids is 2. The molecule has 1 aliphatic heterocycles. The summed E-state index contributed by atoms with van der Waals surface area (Å²) in [5.41, 5.74) is 2.00. The van der Waals surface area contributed by atoms with Gasteiger partial charge in [-0.25, -0.2) is 0 Å². The maximum Gasteiger partial charge on any atom is 0.242 e. The lowest BCUT2D eigenvalue weighted by Crippen LogP contribution is -2.46. The Morgan fingerprint density at radius 3 is 2.67 bits per heavy atom. The number of benzene rings is 1. The number of hydrogen-bond donors (Lipinski definition) is 1. The zero-order valence-corrected chi connectivity index (χ0v) is 14.5. The van der Waals surface area contributed by atoms with Crippen LogP contribution in [0.15, 0.2) is 36.9 Å². The largest absolute Gasteiger partial charge is 0.353 e. The van der Waals surface area contributed by atoms with Gasteiger partial charge in [-0.3, -0.25) is 9.59 Å². The molecule has 1 aromatic carbocycles. The molecule has 0 spiro atoms. The van der Waals surface area contributed by atoms with Crippen molar-refractivity contribution >= 4 is 17.5 Å². The molecule has 0 radical (unpaired) electrons. The first-order chi connectivity index (χ1) is 11.6. The van der Waals surface area contributed by atoms with E-state index in [0.717, 1.165) is 37.2 Å². The summed E-state index contributed by atoms with van der Waals surface area (Å²) in [5, 5.41) is 2.78. The second-order valence-corrected chi connectivity index (χ2v) is 6.23. The summed E-state index contributed by atoms with van der Waals surface area (Å²) in [6, 6.07) is 7.90. The van der Waals surface area contributed by atoms with Gasteiger partial charge < -0.3 is 15.1 Å². The molecule has 24 heavy (non-hydrogen) atoms. The van der Waals surface area contributed by atoms with E-state index in [-0.39, 0.29) is 24.9 Å². The van der Waals surface area contributed by atoms with Crippen molar-refractivity contribution in [1.29, 1.82) is 0 Å². The summed E-state index contributed by atoms with van der Waals surface area (Å²) in [4.78, 5) is 28.5. The fourth-order valence-corrected chi connectivity index (χ4v) is 2.88. The third-order valence-corrected chi connectivity index (χ3v) is 4.18. The number of amides is 2. The van der Waals surface area contributed by atoms with Crippen LogP contribution in [-0.2, 0) is 9.59 Å². The number of carbonyl (C=O) groups is 2. The highest BCUT2D eigenvalue weighted by molar-refractivity contribution is 5.86. The zero-order valence-electron chi connectivity index (χ0n) is 14.5. The highest BCUT2D eigenvalue weighted by Gasteiger charge is 2.21. The Morgan fingerprint density at radius 2 is 2.00 bits per heavy atom. The Balaban J connectivity index is 2.07. The molecule has 130 valence electrons. The van der Waals surface area contributed by atoms with Gasteiger partial charge in [0.2, 0.25) is 11.8 Å². The molecule has 1 N–H and O–H groups in total. The SMILES string of the molecule is C=CCNC(=O)CN(CC(=O)N1CCCCC1)c1cccc(C)c1. The molecule has 2 rings (SSSR count). The quantitative estimate of drug-likeness (QED) is 0.780. The van der Waals surface area contributed by atoms with Crippen molar-refractivity contribution in [2.45, 2.75) is 26.2 Å². The van der Waals surface area contributed by atoms with E-state index in [1.54, 1.807) is 6.08 Å². The van der Waals surface area contributed by atoms with Crippen LogP contribution >= 0.6 is 0 Å². The van der Waals surface area contributed by atoms with Gasteiger partial charge in [-0.2, -0.15) is 0 Å². The summed E-state index contributed by atoms with van der Waals surface area (Å²) >= 11 is 0. The number of nitrogens with one attached hydrogen (secondary N) is 1. The number of piperidine rings is 1. The Bertz CT molecular complexity index is 580. The van der Waals surface area contributed by atoms with Gasteiger partial charge in [-0.05, 0) is 43.9 Å². The van der Waals surface area contributed by atoms with Crippen molar-refractivity contribution in [3.05, 3.63) is 42.5 Å². The zero-order chi connectivity index (χ0) is 17.4. The van der Waals surface area contributed by atoms with Gasteiger partial charge in [0.1, 0.15) is 0 Å². The monoisotopic (exact) mass is 329 g/mol. The fourth-order valence-electron chi connectivity index (χ4n) is 2.88. The van der Waals surface area contributed by atoms with Crippen molar-refractivity contribution in [3.63, 3.8) is 0 Å². The number of nitrogens with zero attached hydrogens (tertiary/aromatic N) is 2. The first-order valence-corrected chi connectivity index (χ1v) is 8.57. The van der Waals surface area contributed by atoms with Crippen LogP contribution in [0.3, 0.4) is 0 Å². The molecular weight excluding hydrogens is 302 g/mol. The third kappa shape index (κ3) is 5.41. The summed E-state index contributed by atoms with van der Waals surface area (Å²) in [6.45, 7) is 8.07. The average Bonchev–Trinajstić information content (AvgIpc) is 2.60. The topological polar surface area (TPSA) is 52.7 Å². The van der Waals surface area contributed by atoms with Crippen molar-refractivity contribution in [1.82, 2.24) is 10.2 Å². The van der Waals surface area contributed by atoms with Crippen LogP contribution in [0.5, 0.6) is 0 Å². The summed E-state index contributed by atoms with van der Waals surface area (Å²) in [6.07, 6.45) is 4.97. The van der Waals surface area contributed by atoms with Gasteiger partial charge in [-0.15, -0.1) is 6.58 Å². The molecule has 0 unspecified atom stereocenters. The summed E-state index contributed by atoms with van der Waals surface area (Å²) in [5.74, 6) is -0.0180. The lowest BCUT2D eigenvalue weighted by atomic mass is 10.1. The smallest absolute Gasteiger partial charge is 0.242 e. The molecule has 2 amide bonds. The molecule has 1 saturated heterocycles. The number of hydrogen-bond acceptors (Lipinski definition) is 3. The first kappa shape index (κ1) is 18.0. The van der Waals surface area contributed by atoms with E-state index in [4.69, 9.17) is 0 Å². The molecule has 0 aromatic heterocycles. The first-order valence-electron chi connectivity index (χ1n) is 8.57. The molecule has 5 heteroatoms. The number of anilines is 1. The average molecular weight is 329 g/mol. The van der Waals surface area contributed by atoms with Crippen LogP contribution in [0.4, 0.5) is 5.69 Å². The molecule has 0 atom stereocenters. The van der Waals surface area contributed by atoms with Gasteiger partial charge in [0, 0.05) is 25.3 Å². The molecule has 1 fully saturated rings. The number of rotatable bonds is 7. The molecular formula is C19H27N3O2. The lowest BCUT2D eigenvalue weighted by Gasteiger charge is -2.31. The molecule has 1 aliphatic rings. The van der Waals surface area contributed by atoms with Crippen molar-refractivity contribution in [2.75, 3.05) is 37.6 Å². The van der Waals surface area contributed by atoms with Gasteiger partial charge in [0.15, 0.2) is 0 Å². The van der Waals surface area contributed by atoms with Crippen LogP contribution in [0.2, 0.25) is 0 Å². The van der Waals surface area contributed by atoms with Crippen molar-refractivity contribution in [2.24, 2.45) is 0 Å². The number of aryl methyl sites for hydroxylation is 1. The normalized spacial score (nSPS) is 14.1. The summed E-state index contributed by atoms with van der Waals surface area (Å²) in [7, 11) is 0. The minimum Gasteiger partial charge on any atom is -0.353 e. The molecule has 1 aromatic rings. The second-order valence-electron chi connectivity index (χ2n) is 6.23. The second kappa shape index (κ2) is 9.11. The maximum atomic E-state index is 12.6.